The lowest BCUT2D eigenvalue weighted by atomic mass is 10.1. The summed E-state index contributed by atoms with van der Waals surface area (Å²) in [5, 5.41) is 4.98. The number of pyridine rings is 1. The molecule has 1 aliphatic carbocycles. The van der Waals surface area contributed by atoms with Crippen LogP contribution in [-0.2, 0) is 13.1 Å². The van der Waals surface area contributed by atoms with Gasteiger partial charge >= 0.3 is 0 Å². The van der Waals surface area contributed by atoms with Crippen LogP contribution < -0.4 is 20.3 Å². The predicted molar refractivity (Wildman–Crippen MR) is 131 cm³/mol. The lowest BCUT2D eigenvalue weighted by molar-refractivity contribution is 0.302. The second-order valence-corrected chi connectivity index (χ2v) is 8.52. The number of benzene rings is 2. The molecule has 32 heavy (non-hydrogen) atoms. The molecule has 1 saturated carbocycles. The quantitative estimate of drug-likeness (QED) is 0.520. The SMILES string of the molecule is COc1cc2cc(CN(C(=S)NCc3ccccc3)C3CCCC3)c(=O)[nH]c2cc1OC. The zero-order valence-corrected chi connectivity index (χ0v) is 19.3. The summed E-state index contributed by atoms with van der Waals surface area (Å²) in [5.74, 6) is 1.22. The standard InChI is InChI=1S/C25H29N3O3S/c1-30-22-13-18-12-19(24(29)27-21(18)14-23(22)31-2)16-28(20-10-6-7-11-20)25(32)26-15-17-8-4-3-5-9-17/h3-5,8-9,12-14,20H,6-7,10-11,15-16H2,1-2H3,(H,26,32)(H,27,29). The molecule has 0 unspecified atom stereocenters. The van der Waals surface area contributed by atoms with Gasteiger partial charge in [0.1, 0.15) is 0 Å². The smallest absolute Gasteiger partial charge is 0.253 e. The number of aromatic nitrogens is 1. The average molecular weight is 452 g/mol. The van der Waals surface area contributed by atoms with Gasteiger partial charge in [-0.15, -0.1) is 0 Å². The first kappa shape index (κ1) is 22.1. The molecule has 1 heterocycles. The van der Waals surface area contributed by atoms with Crippen molar-refractivity contribution in [2.24, 2.45) is 0 Å². The lowest BCUT2D eigenvalue weighted by Gasteiger charge is -2.31. The Morgan fingerprint density at radius 2 is 1.78 bits per heavy atom. The summed E-state index contributed by atoms with van der Waals surface area (Å²) in [6.45, 7) is 1.12. The lowest BCUT2D eigenvalue weighted by Crippen LogP contribution is -2.45. The summed E-state index contributed by atoms with van der Waals surface area (Å²) < 4.78 is 10.8. The van der Waals surface area contributed by atoms with Gasteiger partial charge in [0, 0.05) is 29.6 Å². The van der Waals surface area contributed by atoms with Gasteiger partial charge in [0.15, 0.2) is 16.6 Å². The van der Waals surface area contributed by atoms with Crippen molar-refractivity contribution in [1.82, 2.24) is 15.2 Å². The van der Waals surface area contributed by atoms with E-state index in [9.17, 15) is 4.79 Å². The summed E-state index contributed by atoms with van der Waals surface area (Å²) >= 11 is 5.79. The molecule has 7 heteroatoms. The number of hydrogen-bond donors (Lipinski definition) is 2. The van der Waals surface area contributed by atoms with Gasteiger partial charge in [-0.3, -0.25) is 4.79 Å². The molecule has 0 aliphatic heterocycles. The van der Waals surface area contributed by atoms with Crippen LogP contribution in [0.15, 0.2) is 53.3 Å². The van der Waals surface area contributed by atoms with E-state index < -0.39 is 0 Å². The fraction of sp³-hybridized carbons (Fsp3) is 0.360. The van der Waals surface area contributed by atoms with Gasteiger partial charge in [-0.05, 0) is 42.8 Å². The first-order valence-corrected chi connectivity index (χ1v) is 11.4. The molecule has 0 amide bonds. The van der Waals surface area contributed by atoms with E-state index in [2.05, 4.69) is 27.3 Å². The summed E-state index contributed by atoms with van der Waals surface area (Å²) in [6.07, 6.45) is 4.55. The first-order valence-electron chi connectivity index (χ1n) is 11.0. The molecule has 2 aromatic carbocycles. The van der Waals surface area contributed by atoms with Gasteiger partial charge in [-0.25, -0.2) is 0 Å². The van der Waals surface area contributed by atoms with E-state index >= 15 is 0 Å². The Morgan fingerprint density at radius 3 is 2.47 bits per heavy atom. The number of H-pyrrole nitrogens is 1. The van der Waals surface area contributed by atoms with Crippen LogP contribution in [0.3, 0.4) is 0 Å². The second-order valence-electron chi connectivity index (χ2n) is 8.13. The van der Waals surface area contributed by atoms with Crippen molar-refractivity contribution in [1.29, 1.82) is 0 Å². The normalized spacial score (nSPS) is 13.8. The zero-order chi connectivity index (χ0) is 22.5. The van der Waals surface area contributed by atoms with Crippen molar-refractivity contribution in [2.45, 2.75) is 44.8 Å². The number of rotatable bonds is 7. The Hall–Kier alpha value is -3.06. The van der Waals surface area contributed by atoms with Gasteiger partial charge in [-0.2, -0.15) is 0 Å². The van der Waals surface area contributed by atoms with Crippen LogP contribution in [-0.4, -0.2) is 35.3 Å². The van der Waals surface area contributed by atoms with Gasteiger partial charge in [-0.1, -0.05) is 43.2 Å². The third-order valence-corrected chi connectivity index (χ3v) is 6.46. The van der Waals surface area contributed by atoms with E-state index in [0.29, 0.717) is 46.8 Å². The van der Waals surface area contributed by atoms with E-state index in [1.165, 1.54) is 18.4 Å². The average Bonchev–Trinajstić information content (AvgIpc) is 3.35. The molecule has 0 atom stereocenters. The highest BCUT2D eigenvalue weighted by Crippen LogP contribution is 2.31. The minimum atomic E-state index is -0.112. The molecule has 2 N–H and O–H groups in total. The van der Waals surface area contributed by atoms with Crippen LogP contribution in [0.1, 0.15) is 36.8 Å². The van der Waals surface area contributed by atoms with Crippen LogP contribution in [0.2, 0.25) is 0 Å². The van der Waals surface area contributed by atoms with Crippen LogP contribution in [0.25, 0.3) is 10.9 Å². The van der Waals surface area contributed by atoms with Crippen molar-refractivity contribution in [3.05, 3.63) is 70.0 Å². The van der Waals surface area contributed by atoms with Crippen LogP contribution in [0.5, 0.6) is 11.5 Å². The Bertz CT molecular complexity index is 1140. The topological polar surface area (TPSA) is 66.6 Å². The number of aromatic amines is 1. The van der Waals surface area contributed by atoms with Gasteiger partial charge in [0.05, 0.1) is 26.3 Å². The number of ether oxygens (including phenoxy) is 2. The molecule has 6 nitrogen and oxygen atoms in total. The van der Waals surface area contributed by atoms with Crippen molar-refractivity contribution in [3.8, 4) is 11.5 Å². The molecular weight excluding hydrogens is 422 g/mol. The molecule has 0 saturated heterocycles. The van der Waals surface area contributed by atoms with E-state index in [4.69, 9.17) is 21.7 Å². The molecule has 1 aromatic heterocycles. The van der Waals surface area contributed by atoms with Crippen molar-refractivity contribution >= 4 is 28.2 Å². The molecule has 3 aromatic rings. The summed E-state index contributed by atoms with van der Waals surface area (Å²) in [5.41, 5.74) is 2.46. The maximum absolute atomic E-state index is 12.9. The number of thiocarbonyl (C=S) groups is 1. The van der Waals surface area contributed by atoms with Crippen LogP contribution in [0.4, 0.5) is 0 Å². The predicted octanol–water partition coefficient (Wildman–Crippen LogP) is 4.36. The molecular formula is C25H29N3O3S. The fourth-order valence-electron chi connectivity index (χ4n) is 4.34. The molecule has 168 valence electrons. The number of fused-ring (bicyclic) bond motifs is 1. The second kappa shape index (κ2) is 10.0. The highest BCUT2D eigenvalue weighted by molar-refractivity contribution is 7.80. The van der Waals surface area contributed by atoms with Crippen molar-refractivity contribution in [2.75, 3.05) is 14.2 Å². The van der Waals surface area contributed by atoms with Crippen molar-refractivity contribution in [3.63, 3.8) is 0 Å². The first-order chi connectivity index (χ1) is 15.6. The fourth-order valence-corrected chi connectivity index (χ4v) is 4.62. The third kappa shape index (κ3) is 4.88. The third-order valence-electron chi connectivity index (χ3n) is 6.08. The van der Waals surface area contributed by atoms with E-state index in [0.717, 1.165) is 18.2 Å². The summed E-state index contributed by atoms with van der Waals surface area (Å²) in [6, 6.07) is 16.1. The molecule has 4 rings (SSSR count). The summed E-state index contributed by atoms with van der Waals surface area (Å²) in [4.78, 5) is 18.1. The molecule has 1 fully saturated rings. The number of nitrogens with zero attached hydrogens (tertiary/aromatic N) is 1. The number of nitrogens with one attached hydrogen (secondary N) is 2. The minimum absolute atomic E-state index is 0.112. The number of methoxy groups -OCH3 is 2. The van der Waals surface area contributed by atoms with Gasteiger partial charge < -0.3 is 24.7 Å². The summed E-state index contributed by atoms with van der Waals surface area (Å²) in [7, 11) is 3.19. The Balaban J connectivity index is 1.60. The van der Waals surface area contributed by atoms with E-state index in [-0.39, 0.29) is 5.56 Å². The molecule has 0 spiro atoms. The zero-order valence-electron chi connectivity index (χ0n) is 18.5. The van der Waals surface area contributed by atoms with Crippen LogP contribution >= 0.6 is 12.2 Å². The Labute approximate surface area is 193 Å². The maximum atomic E-state index is 12.9. The monoisotopic (exact) mass is 451 g/mol. The van der Waals surface area contributed by atoms with Crippen LogP contribution in [0, 0.1) is 0 Å². The van der Waals surface area contributed by atoms with Gasteiger partial charge in [0.25, 0.3) is 5.56 Å². The largest absolute Gasteiger partial charge is 0.493 e. The van der Waals surface area contributed by atoms with E-state index in [1.54, 1.807) is 20.3 Å². The van der Waals surface area contributed by atoms with Gasteiger partial charge in [0.2, 0.25) is 0 Å². The Morgan fingerprint density at radius 1 is 1.09 bits per heavy atom. The highest BCUT2D eigenvalue weighted by atomic mass is 32.1. The molecule has 1 aliphatic rings. The minimum Gasteiger partial charge on any atom is -0.493 e. The Kier molecular flexibility index (Phi) is 6.95. The maximum Gasteiger partial charge on any atom is 0.253 e. The number of hydrogen-bond acceptors (Lipinski definition) is 4. The molecule has 0 bridgehead atoms. The van der Waals surface area contributed by atoms with E-state index in [1.807, 2.05) is 30.3 Å². The highest BCUT2D eigenvalue weighted by Gasteiger charge is 2.25. The van der Waals surface area contributed by atoms with Crippen molar-refractivity contribution < 1.29 is 9.47 Å². The molecule has 0 radical (unpaired) electrons.